The van der Waals surface area contributed by atoms with E-state index in [2.05, 4.69) is 19.9 Å². The zero-order valence-corrected chi connectivity index (χ0v) is 30.3. The third-order valence-corrected chi connectivity index (χ3v) is 3.51. The van der Waals surface area contributed by atoms with Crippen LogP contribution in [0.4, 0.5) is 23.3 Å². The minimum absolute atomic E-state index is 0. The van der Waals surface area contributed by atoms with Crippen molar-refractivity contribution in [1.82, 2.24) is 0 Å². The van der Waals surface area contributed by atoms with Gasteiger partial charge < -0.3 is 50.6 Å². The number of anilines is 4. The molecule has 0 aliphatic heterocycles. The fourth-order valence-electron chi connectivity index (χ4n) is 1.86. The van der Waals surface area contributed by atoms with E-state index < -0.39 is 57.2 Å². The van der Waals surface area contributed by atoms with E-state index in [1.807, 2.05) is 48.5 Å². The van der Waals surface area contributed by atoms with Gasteiger partial charge in [0.05, 0.1) is 24.8 Å². The van der Waals surface area contributed by atoms with Crippen LogP contribution in [0.1, 0.15) is 12.8 Å². The van der Waals surface area contributed by atoms with Crippen LogP contribution in [0.25, 0.3) is 0 Å². The first-order valence-corrected chi connectivity index (χ1v) is 15.2. The Morgan fingerprint density at radius 1 is 0.418 bits per heavy atom. The van der Waals surface area contributed by atoms with Crippen LogP contribution in [-0.2, 0) is 46.9 Å². The molecule has 4 heterocycles. The minimum Gasteiger partial charge on any atom is -0.550 e. The van der Waals surface area contributed by atoms with Gasteiger partial charge in [-0.3, -0.25) is 22.9 Å². The summed E-state index contributed by atoms with van der Waals surface area (Å²) in [6.45, 7) is 0. The van der Waals surface area contributed by atoms with Crippen LogP contribution in [0.2, 0.25) is 0 Å². The van der Waals surface area contributed by atoms with Gasteiger partial charge in [-0.25, -0.2) is 57.2 Å². The first-order valence-electron chi connectivity index (χ1n) is 12.7. The first-order chi connectivity index (χ1) is 23.8. The van der Waals surface area contributed by atoms with Crippen LogP contribution >= 0.6 is 0 Å². The number of aromatic nitrogens is 4. The van der Waals surface area contributed by atoms with E-state index in [4.69, 9.17) is 60.2 Å². The maximum atomic E-state index is 9.28. The number of nitrogens with one attached hydrogen (secondary N) is 4. The minimum atomic E-state index is -4.94. The molecule has 0 aliphatic carbocycles. The molecule has 311 valence electrons. The van der Waals surface area contributed by atoms with Gasteiger partial charge in [0.1, 0.15) is 0 Å². The normalized spacial score (nSPS) is 8.58. The van der Waals surface area contributed by atoms with Crippen molar-refractivity contribution in [1.29, 1.82) is 0 Å². The fourth-order valence-corrected chi connectivity index (χ4v) is 1.86. The molecule has 0 spiro atoms. The second kappa shape index (κ2) is 39.6. The number of aliphatic carboxylic acids is 4. The number of pyridine rings is 4. The van der Waals surface area contributed by atoms with Crippen molar-refractivity contribution >= 4 is 47.1 Å². The van der Waals surface area contributed by atoms with Gasteiger partial charge in [-0.15, -0.1) is 20.5 Å². The Balaban J connectivity index is -0.0000000954. The van der Waals surface area contributed by atoms with E-state index in [1.165, 1.54) is 0 Å². The maximum absolute atomic E-state index is 9.28. The summed E-state index contributed by atoms with van der Waals surface area (Å²) in [6.07, 6.45) is 5.09. The van der Waals surface area contributed by atoms with Crippen LogP contribution < -0.4 is 101 Å². The third kappa shape index (κ3) is 88.0. The van der Waals surface area contributed by atoms with E-state index in [0.717, 1.165) is 0 Å². The summed E-state index contributed by atoms with van der Waals surface area (Å²) < 4.78 is 67.9. The van der Waals surface area contributed by atoms with Gasteiger partial charge in [0.15, 0.2) is 0 Å². The van der Waals surface area contributed by atoms with Crippen molar-refractivity contribution < 1.29 is 145 Å². The first kappa shape index (κ1) is 64.3. The average Bonchev–Trinajstić information content (AvgIpc) is 2.97. The zero-order chi connectivity index (χ0) is 41.2. The van der Waals surface area contributed by atoms with E-state index in [0.29, 0.717) is 23.3 Å². The predicted octanol–water partition coefficient (Wildman–Crippen LogP) is -17.3. The standard InChI is InChI=1S/4C5H6N2.2C3H4O4.2ClHO4.Co.2H2O/c4*6-5-3-1-2-4-7-5;2*4-2(5)1-3(6)7;2*2-1(3,4)5;;;/h4*1-4H,(H2,6,7);2*1H2,(H,4,5)(H,6,7);2*(H,2,3,4,5);;2*1H2/q;;;;;;;;+2;;. The molecule has 0 amide bonds. The number of H-pyrrole nitrogens is 4. The molecule has 4 aromatic rings. The summed E-state index contributed by atoms with van der Waals surface area (Å²) in [6, 6.07) is 22.3. The van der Waals surface area contributed by atoms with Gasteiger partial charge in [0.25, 0.3) is 23.3 Å². The average molecular weight is 880 g/mol. The second-order valence-electron chi connectivity index (χ2n) is 7.87. The largest absolute Gasteiger partial charge is 2.00 e. The summed E-state index contributed by atoms with van der Waals surface area (Å²) in [4.78, 5) is 48.3. The number of carbonyl (C=O) groups excluding carboxylic acids is 4. The molecule has 0 aromatic carbocycles. The number of carboxylic acid groups (broad SMARTS) is 4. The fraction of sp³-hybridized carbons (Fsp3) is 0.0769. The monoisotopic (exact) mass is 879 g/mol. The van der Waals surface area contributed by atoms with E-state index in [1.54, 1.807) is 49.1 Å². The number of hydrogen-bond acceptors (Lipinski definition) is 20. The summed E-state index contributed by atoms with van der Waals surface area (Å²) in [5.41, 5.74) is 21.2. The van der Waals surface area contributed by atoms with Crippen LogP contribution in [-0.4, -0.2) is 23.9 Å². The molecule has 0 unspecified atom stereocenters. The van der Waals surface area contributed by atoms with Gasteiger partial charge in [-0.05, 0) is 24.3 Å². The SMILES string of the molecule is Nc1cccc[nH+]1.Nc1cccc[nH+]1.Nc1cccc[nH+]1.Nc1cccc[nH+]1.O=C([O-])CC(=O)[O-].O=C([O-])CC(=O)[O-].[Co+2].[O-][Cl+3]([O-])([O-])[O-].[O-][Cl+3]([O-])([O-])[O-].[OH3+].[OH3+]. The molecule has 1 radical (unpaired) electrons. The number of aromatic amines is 4. The van der Waals surface area contributed by atoms with Gasteiger partial charge in [-0.1, -0.05) is 24.3 Å². The number of carbonyl (C=O) groups is 4. The molecule has 0 atom stereocenters. The van der Waals surface area contributed by atoms with E-state index in [9.17, 15) is 39.6 Å². The molecule has 4 rings (SSSR count). The van der Waals surface area contributed by atoms with Crippen molar-refractivity contribution in [3.8, 4) is 0 Å². The number of nitrogen functional groups attached to an aromatic ring is 4. The van der Waals surface area contributed by atoms with E-state index in [-0.39, 0.29) is 27.7 Å². The van der Waals surface area contributed by atoms with Crippen LogP contribution in [0.15, 0.2) is 97.6 Å². The number of halogens is 2. The van der Waals surface area contributed by atoms with Crippen LogP contribution in [0.3, 0.4) is 0 Å². The van der Waals surface area contributed by atoms with Crippen molar-refractivity contribution in [3.05, 3.63) is 97.6 Å². The molecule has 29 heteroatoms. The molecule has 0 aliphatic rings. The molecule has 26 nitrogen and oxygen atoms in total. The molecule has 0 saturated carbocycles. The Morgan fingerprint density at radius 2 is 0.564 bits per heavy atom. The molecular weight excluding hydrogens is 842 g/mol. The Hall–Kier alpha value is -5.63. The number of carboxylic acids is 4. The Bertz CT molecular complexity index is 1260. The quantitative estimate of drug-likeness (QED) is 0.109. The van der Waals surface area contributed by atoms with Gasteiger partial charge in [-0.2, -0.15) is 0 Å². The third-order valence-electron chi connectivity index (χ3n) is 3.51. The van der Waals surface area contributed by atoms with Crippen molar-refractivity contribution in [3.63, 3.8) is 0 Å². The summed E-state index contributed by atoms with van der Waals surface area (Å²) >= 11 is 0. The maximum Gasteiger partial charge on any atom is 2.00 e. The van der Waals surface area contributed by atoms with Crippen LogP contribution in [0, 0.1) is 20.5 Å². The predicted molar refractivity (Wildman–Crippen MR) is 149 cm³/mol. The second-order valence-corrected chi connectivity index (χ2v) is 9.38. The van der Waals surface area contributed by atoms with Gasteiger partial charge >= 0.3 is 16.8 Å². The number of nitrogens with two attached hydrogens (primary N) is 4. The molecular formula is C26H38Cl2CoN8O18+2. The summed E-state index contributed by atoms with van der Waals surface area (Å²) in [5, 5.41) is 37.1. The number of hydrogen-bond donors (Lipinski definition) is 4. The van der Waals surface area contributed by atoms with E-state index >= 15 is 0 Å². The van der Waals surface area contributed by atoms with Crippen molar-refractivity contribution in [2.75, 3.05) is 22.9 Å². The Labute approximate surface area is 324 Å². The zero-order valence-electron chi connectivity index (χ0n) is 27.7. The Kier molecular flexibility index (Phi) is 46.3. The van der Waals surface area contributed by atoms with Gasteiger partial charge in [0.2, 0.25) is 0 Å². The Morgan fingerprint density at radius 3 is 0.600 bits per heavy atom. The number of rotatable bonds is 4. The van der Waals surface area contributed by atoms with Crippen molar-refractivity contribution in [2.45, 2.75) is 12.8 Å². The molecule has 4 aromatic heterocycles. The smallest absolute Gasteiger partial charge is 0.550 e. The topological polar surface area (TPSA) is 572 Å². The molecule has 55 heavy (non-hydrogen) atoms. The summed E-state index contributed by atoms with van der Waals surface area (Å²) in [7, 11) is -9.89. The molecule has 0 fully saturated rings. The van der Waals surface area contributed by atoms with Crippen LogP contribution in [0.5, 0.6) is 0 Å². The van der Waals surface area contributed by atoms with Gasteiger partial charge in [0, 0.05) is 61.0 Å². The molecule has 0 saturated heterocycles. The summed E-state index contributed by atoms with van der Waals surface area (Å²) in [5.74, 6) is -3.71. The molecule has 0 bridgehead atoms. The van der Waals surface area contributed by atoms with Crippen molar-refractivity contribution in [2.24, 2.45) is 0 Å². The molecule has 18 N–H and O–H groups in total.